The lowest BCUT2D eigenvalue weighted by Crippen LogP contribution is -2.26. The highest BCUT2D eigenvalue weighted by Crippen LogP contribution is 2.14. The predicted octanol–water partition coefficient (Wildman–Crippen LogP) is 3.39. The van der Waals surface area contributed by atoms with Crippen LogP contribution in [0.4, 0.5) is 5.69 Å². The Bertz CT molecular complexity index is 766. The minimum absolute atomic E-state index is 0.0843. The van der Waals surface area contributed by atoms with E-state index in [0.717, 1.165) is 12.1 Å². The third kappa shape index (κ3) is 8.03. The molecule has 0 fully saturated rings. The summed E-state index contributed by atoms with van der Waals surface area (Å²) in [4.78, 5) is 26.0. The molecule has 27 heavy (non-hydrogen) atoms. The quantitative estimate of drug-likeness (QED) is 0.671. The van der Waals surface area contributed by atoms with Crippen molar-refractivity contribution in [3.8, 4) is 0 Å². The molecule has 0 aromatic heterocycles. The first-order valence-corrected chi connectivity index (χ1v) is 10.1. The number of hydrogen-bond acceptors (Lipinski definition) is 4. The zero-order valence-electron chi connectivity index (χ0n) is 15.5. The van der Waals surface area contributed by atoms with Gasteiger partial charge in [0.2, 0.25) is 11.8 Å². The summed E-state index contributed by atoms with van der Waals surface area (Å²) in [7, 11) is 4.03. The first-order chi connectivity index (χ1) is 12.9. The summed E-state index contributed by atoms with van der Waals surface area (Å²) in [6.07, 6.45) is 0. The van der Waals surface area contributed by atoms with E-state index in [4.69, 9.17) is 11.6 Å². The van der Waals surface area contributed by atoms with Gasteiger partial charge in [-0.2, -0.15) is 0 Å². The molecule has 0 saturated carbocycles. The van der Waals surface area contributed by atoms with Gasteiger partial charge in [0.25, 0.3) is 0 Å². The predicted molar refractivity (Wildman–Crippen MR) is 113 cm³/mol. The van der Waals surface area contributed by atoms with E-state index >= 15 is 0 Å². The Morgan fingerprint density at radius 1 is 0.963 bits per heavy atom. The maximum Gasteiger partial charge on any atom is 0.234 e. The van der Waals surface area contributed by atoms with Crippen molar-refractivity contribution in [1.82, 2.24) is 10.2 Å². The molecule has 0 spiro atoms. The summed E-state index contributed by atoms with van der Waals surface area (Å²) in [6, 6.07) is 15.0. The Hall–Kier alpha value is -2.02. The Morgan fingerprint density at radius 3 is 2.26 bits per heavy atom. The number of nitrogens with zero attached hydrogens (tertiary/aromatic N) is 1. The normalized spacial score (nSPS) is 10.7. The molecule has 0 atom stereocenters. The molecule has 0 saturated heterocycles. The highest BCUT2D eigenvalue weighted by Gasteiger charge is 2.08. The Balaban J connectivity index is 1.70. The van der Waals surface area contributed by atoms with Gasteiger partial charge >= 0.3 is 0 Å². The number of carbonyl (C=O) groups is 2. The smallest absolute Gasteiger partial charge is 0.234 e. The van der Waals surface area contributed by atoms with E-state index in [0.29, 0.717) is 17.3 Å². The van der Waals surface area contributed by atoms with Gasteiger partial charge < -0.3 is 15.5 Å². The molecule has 2 N–H and O–H groups in total. The minimum atomic E-state index is -0.147. The molecule has 2 aromatic rings. The maximum absolute atomic E-state index is 12.0. The SMILES string of the molecule is CN(C)Cc1ccccc1CNC(=O)CSCC(=O)Nc1ccc(Cl)cc1. The average Bonchev–Trinajstić information content (AvgIpc) is 2.62. The van der Waals surface area contributed by atoms with E-state index in [-0.39, 0.29) is 23.3 Å². The molecule has 7 heteroatoms. The molecule has 2 amide bonds. The van der Waals surface area contributed by atoms with Crippen molar-refractivity contribution in [2.45, 2.75) is 13.1 Å². The monoisotopic (exact) mass is 405 g/mol. The number of thioether (sulfide) groups is 1. The lowest BCUT2D eigenvalue weighted by Gasteiger charge is -2.14. The van der Waals surface area contributed by atoms with E-state index in [2.05, 4.69) is 21.6 Å². The number of amides is 2. The third-order valence-electron chi connectivity index (χ3n) is 3.68. The molecule has 5 nitrogen and oxygen atoms in total. The van der Waals surface area contributed by atoms with Crippen LogP contribution in [-0.2, 0) is 22.7 Å². The molecule has 0 aliphatic rings. The van der Waals surface area contributed by atoms with Gasteiger partial charge in [-0.15, -0.1) is 11.8 Å². The Labute approximate surface area is 169 Å². The second-order valence-electron chi connectivity index (χ2n) is 6.33. The largest absolute Gasteiger partial charge is 0.351 e. The number of rotatable bonds is 9. The van der Waals surface area contributed by atoms with E-state index in [9.17, 15) is 9.59 Å². The van der Waals surface area contributed by atoms with Crippen LogP contribution in [0.1, 0.15) is 11.1 Å². The summed E-state index contributed by atoms with van der Waals surface area (Å²) >= 11 is 7.09. The molecule has 0 unspecified atom stereocenters. The van der Waals surface area contributed by atoms with Gasteiger partial charge in [-0.1, -0.05) is 35.9 Å². The van der Waals surface area contributed by atoms with Crippen LogP contribution in [0.5, 0.6) is 0 Å². The van der Waals surface area contributed by atoms with Crippen LogP contribution in [0.15, 0.2) is 48.5 Å². The minimum Gasteiger partial charge on any atom is -0.351 e. The molecule has 0 radical (unpaired) electrons. The average molecular weight is 406 g/mol. The number of carbonyl (C=O) groups excluding carboxylic acids is 2. The lowest BCUT2D eigenvalue weighted by molar-refractivity contribution is -0.118. The first kappa shape index (κ1) is 21.3. The first-order valence-electron chi connectivity index (χ1n) is 8.55. The second kappa shape index (κ2) is 11.0. The fraction of sp³-hybridized carbons (Fsp3) is 0.300. The molecule has 0 bridgehead atoms. The number of benzene rings is 2. The highest BCUT2D eigenvalue weighted by atomic mass is 35.5. The molecule has 2 rings (SSSR count). The van der Waals surface area contributed by atoms with E-state index in [1.165, 1.54) is 17.3 Å². The number of nitrogens with one attached hydrogen (secondary N) is 2. The van der Waals surface area contributed by atoms with E-state index in [1.807, 2.05) is 32.3 Å². The van der Waals surface area contributed by atoms with Gasteiger partial charge in [0.05, 0.1) is 11.5 Å². The van der Waals surface area contributed by atoms with Crippen molar-refractivity contribution in [1.29, 1.82) is 0 Å². The summed E-state index contributed by atoms with van der Waals surface area (Å²) < 4.78 is 0. The molecule has 2 aromatic carbocycles. The van der Waals surface area contributed by atoms with Gasteiger partial charge in [-0.25, -0.2) is 0 Å². The summed E-state index contributed by atoms with van der Waals surface area (Å²) in [5, 5.41) is 6.31. The van der Waals surface area contributed by atoms with Crippen molar-refractivity contribution in [2.75, 3.05) is 30.9 Å². The van der Waals surface area contributed by atoms with Crippen molar-refractivity contribution >= 4 is 40.9 Å². The van der Waals surface area contributed by atoms with Crippen LogP contribution in [0, 0.1) is 0 Å². The summed E-state index contributed by atoms with van der Waals surface area (Å²) in [6.45, 7) is 1.31. The number of anilines is 1. The van der Waals surface area contributed by atoms with Crippen molar-refractivity contribution < 1.29 is 9.59 Å². The topological polar surface area (TPSA) is 61.4 Å². The standard InChI is InChI=1S/C20H24ClN3O2S/c1-24(2)12-16-6-4-3-5-15(16)11-22-19(25)13-27-14-20(26)23-18-9-7-17(21)8-10-18/h3-10H,11-14H2,1-2H3,(H,22,25)(H,23,26). The van der Waals surface area contributed by atoms with Crippen LogP contribution < -0.4 is 10.6 Å². The van der Waals surface area contributed by atoms with Gasteiger partial charge in [0, 0.05) is 23.8 Å². The molecule has 144 valence electrons. The van der Waals surface area contributed by atoms with Crippen molar-refractivity contribution in [3.63, 3.8) is 0 Å². The Morgan fingerprint density at radius 2 is 1.59 bits per heavy atom. The molecule has 0 aliphatic heterocycles. The number of hydrogen-bond donors (Lipinski definition) is 2. The van der Waals surface area contributed by atoms with Gasteiger partial charge in [0.15, 0.2) is 0 Å². The summed E-state index contributed by atoms with van der Waals surface area (Å²) in [5.41, 5.74) is 2.98. The fourth-order valence-corrected chi connectivity index (χ4v) is 3.21. The van der Waals surface area contributed by atoms with Crippen LogP contribution >= 0.6 is 23.4 Å². The number of halogens is 1. The second-order valence-corrected chi connectivity index (χ2v) is 7.75. The van der Waals surface area contributed by atoms with E-state index < -0.39 is 0 Å². The maximum atomic E-state index is 12.0. The fourth-order valence-electron chi connectivity index (χ4n) is 2.44. The van der Waals surface area contributed by atoms with Crippen LogP contribution in [0.2, 0.25) is 5.02 Å². The van der Waals surface area contributed by atoms with E-state index in [1.54, 1.807) is 24.3 Å². The van der Waals surface area contributed by atoms with Gasteiger partial charge in [0.1, 0.15) is 0 Å². The zero-order chi connectivity index (χ0) is 19.6. The zero-order valence-corrected chi connectivity index (χ0v) is 17.1. The highest BCUT2D eigenvalue weighted by molar-refractivity contribution is 8.00. The lowest BCUT2D eigenvalue weighted by atomic mass is 10.1. The molecule has 0 aliphatic carbocycles. The van der Waals surface area contributed by atoms with Crippen LogP contribution in [0.3, 0.4) is 0 Å². The third-order valence-corrected chi connectivity index (χ3v) is 4.86. The van der Waals surface area contributed by atoms with Crippen molar-refractivity contribution in [2.24, 2.45) is 0 Å². The van der Waals surface area contributed by atoms with Gasteiger partial charge in [-0.3, -0.25) is 9.59 Å². The molecular formula is C20H24ClN3O2S. The van der Waals surface area contributed by atoms with Crippen molar-refractivity contribution in [3.05, 3.63) is 64.7 Å². The van der Waals surface area contributed by atoms with Crippen LogP contribution in [0.25, 0.3) is 0 Å². The molecule has 0 heterocycles. The summed E-state index contributed by atoms with van der Waals surface area (Å²) in [5.74, 6) is 0.224. The van der Waals surface area contributed by atoms with Crippen LogP contribution in [-0.4, -0.2) is 42.3 Å². The molecular weight excluding hydrogens is 382 g/mol. The Kier molecular flexibility index (Phi) is 8.64. The van der Waals surface area contributed by atoms with Gasteiger partial charge in [-0.05, 0) is 49.5 Å².